The topological polar surface area (TPSA) is 123 Å². The van der Waals surface area contributed by atoms with E-state index < -0.39 is 22.5 Å². The van der Waals surface area contributed by atoms with Gasteiger partial charge in [-0.05, 0) is 118 Å². The zero-order valence-corrected chi connectivity index (χ0v) is 32.4. The molecule has 7 nitrogen and oxygen atoms in total. The molecule has 0 aromatic heterocycles. The van der Waals surface area contributed by atoms with E-state index in [2.05, 4.69) is 48.5 Å². The Morgan fingerprint density at radius 1 is 0.938 bits per heavy atom. The molecule has 0 aromatic rings. The van der Waals surface area contributed by atoms with Gasteiger partial charge in [0.2, 0.25) is 0 Å². The Kier molecular flexibility index (Phi) is 9.32. The van der Waals surface area contributed by atoms with Gasteiger partial charge in [0.15, 0.2) is 11.7 Å². The highest BCUT2D eigenvalue weighted by atomic mass is 16.5. The van der Waals surface area contributed by atoms with Crippen molar-refractivity contribution in [3.63, 3.8) is 0 Å². The monoisotopic (exact) mass is 669 g/mol. The van der Waals surface area contributed by atoms with Crippen LogP contribution in [0.4, 0.5) is 0 Å². The Balaban J connectivity index is 1.40. The van der Waals surface area contributed by atoms with Crippen LogP contribution in [0.2, 0.25) is 0 Å². The maximum Gasteiger partial charge on any atom is 0.307 e. The number of ether oxygens (including phenoxy) is 2. The average Bonchev–Trinajstić information content (AvgIpc) is 3.26. The van der Waals surface area contributed by atoms with E-state index in [4.69, 9.17) is 20.6 Å². The van der Waals surface area contributed by atoms with Crippen LogP contribution >= 0.6 is 0 Å². The molecule has 7 heteroatoms. The first kappa shape index (κ1) is 37.5. The molecule has 5 rings (SSSR count). The molecule has 0 heterocycles. The van der Waals surface area contributed by atoms with Crippen molar-refractivity contribution in [1.82, 2.24) is 0 Å². The van der Waals surface area contributed by atoms with E-state index in [1.165, 1.54) is 5.57 Å². The van der Waals surface area contributed by atoms with Crippen molar-refractivity contribution in [3.8, 4) is 0 Å². The minimum atomic E-state index is -0.745. The molecule has 5 aliphatic rings. The number of hydrogen-bond acceptors (Lipinski definition) is 7. The number of carbonyl (C=O) groups is 2. The Labute approximate surface area is 291 Å². The Hall–Kier alpha value is -1.73. The number of hydrogen-bond donors (Lipinski definition) is 3. The van der Waals surface area contributed by atoms with Crippen LogP contribution in [0.3, 0.4) is 0 Å². The molecule has 0 aliphatic heterocycles. The molecule has 9 atom stereocenters. The van der Waals surface area contributed by atoms with Crippen molar-refractivity contribution >= 4 is 17.7 Å². The fraction of sp³-hybridized carbons (Fsp3) is 0.878. The molecule has 272 valence electrons. The molecule has 0 bridgehead atoms. The normalized spacial score (nSPS) is 40.0. The zero-order chi connectivity index (χ0) is 36.0. The second kappa shape index (κ2) is 11.9. The SMILES string of the molecule is CC(C)C1=C2[C@H]3CC[C@@H]4[C@@]5(C)CC[C@H](OC(=O)CC(C)(C)C(=N)OC(C)(C)C)C(C)(C)C5CC[C@@]4(C)[C@]3(C)CC[C@@]2([C@@H](O)CN)CC1=O. The van der Waals surface area contributed by atoms with Crippen molar-refractivity contribution in [2.75, 3.05) is 6.54 Å². The number of nitrogens with two attached hydrogens (primary N) is 1. The third kappa shape index (κ3) is 5.54. The third-order valence-electron chi connectivity index (χ3n) is 15.2. The van der Waals surface area contributed by atoms with Crippen LogP contribution in [0, 0.1) is 61.6 Å². The van der Waals surface area contributed by atoms with Gasteiger partial charge < -0.3 is 20.3 Å². The fourth-order valence-corrected chi connectivity index (χ4v) is 12.6. The van der Waals surface area contributed by atoms with Gasteiger partial charge in [0, 0.05) is 23.8 Å². The number of allylic oxidation sites excluding steroid dienone is 1. The molecule has 5 aliphatic carbocycles. The molecule has 0 amide bonds. The average molecular weight is 669 g/mol. The molecule has 0 radical (unpaired) electrons. The quantitative estimate of drug-likeness (QED) is 0.142. The van der Waals surface area contributed by atoms with Gasteiger partial charge in [-0.15, -0.1) is 0 Å². The molecule has 48 heavy (non-hydrogen) atoms. The number of rotatable bonds is 7. The largest absolute Gasteiger partial charge is 0.475 e. The maximum absolute atomic E-state index is 13.7. The van der Waals surface area contributed by atoms with Crippen molar-refractivity contribution in [1.29, 1.82) is 5.41 Å². The second-order valence-corrected chi connectivity index (χ2v) is 20.0. The first-order chi connectivity index (χ1) is 21.9. The van der Waals surface area contributed by atoms with Gasteiger partial charge in [0.1, 0.15) is 11.7 Å². The van der Waals surface area contributed by atoms with E-state index in [9.17, 15) is 14.7 Å². The molecule has 1 unspecified atom stereocenters. The van der Waals surface area contributed by atoms with Gasteiger partial charge in [-0.25, -0.2) is 0 Å². The summed E-state index contributed by atoms with van der Waals surface area (Å²) in [6.45, 7) is 26.3. The van der Waals surface area contributed by atoms with Crippen LogP contribution < -0.4 is 5.73 Å². The van der Waals surface area contributed by atoms with Gasteiger partial charge in [-0.1, -0.05) is 67.9 Å². The van der Waals surface area contributed by atoms with Crippen LogP contribution in [0.25, 0.3) is 0 Å². The smallest absolute Gasteiger partial charge is 0.307 e. The summed E-state index contributed by atoms with van der Waals surface area (Å²) in [4.78, 5) is 27.1. The van der Waals surface area contributed by atoms with Crippen molar-refractivity contribution < 1.29 is 24.2 Å². The summed E-state index contributed by atoms with van der Waals surface area (Å²) in [5, 5.41) is 20.0. The van der Waals surface area contributed by atoms with Gasteiger partial charge in [-0.2, -0.15) is 0 Å². The number of aliphatic hydroxyl groups excluding tert-OH is 1. The number of carbonyl (C=O) groups excluding carboxylic acids is 2. The van der Waals surface area contributed by atoms with Gasteiger partial charge >= 0.3 is 5.97 Å². The molecule has 0 spiro atoms. The fourth-order valence-electron chi connectivity index (χ4n) is 12.6. The van der Waals surface area contributed by atoms with Gasteiger partial charge in [0.05, 0.1) is 17.9 Å². The van der Waals surface area contributed by atoms with Crippen LogP contribution in [0.1, 0.15) is 147 Å². The van der Waals surface area contributed by atoms with E-state index in [0.717, 1.165) is 56.9 Å². The van der Waals surface area contributed by atoms with Crippen LogP contribution in [-0.2, 0) is 19.1 Å². The predicted octanol–water partition coefficient (Wildman–Crippen LogP) is 8.41. The van der Waals surface area contributed by atoms with Crippen molar-refractivity contribution in [3.05, 3.63) is 11.1 Å². The summed E-state index contributed by atoms with van der Waals surface area (Å²) in [5.41, 5.74) is 6.73. The Morgan fingerprint density at radius 3 is 2.17 bits per heavy atom. The zero-order valence-electron chi connectivity index (χ0n) is 32.4. The van der Waals surface area contributed by atoms with Gasteiger partial charge in [-0.3, -0.25) is 15.0 Å². The van der Waals surface area contributed by atoms with E-state index in [0.29, 0.717) is 18.3 Å². The lowest BCUT2D eigenvalue weighted by Crippen LogP contribution is -2.66. The number of esters is 1. The Bertz CT molecular complexity index is 1360. The summed E-state index contributed by atoms with van der Waals surface area (Å²) in [6.07, 6.45) is 7.78. The lowest BCUT2D eigenvalue weighted by atomic mass is 9.33. The highest BCUT2D eigenvalue weighted by Crippen LogP contribution is 2.77. The summed E-state index contributed by atoms with van der Waals surface area (Å²) in [5.74, 6) is 1.48. The molecule has 4 N–H and O–H groups in total. The minimum Gasteiger partial charge on any atom is -0.475 e. The number of ketones is 1. The summed E-state index contributed by atoms with van der Waals surface area (Å²) in [6, 6.07) is 0. The summed E-state index contributed by atoms with van der Waals surface area (Å²) >= 11 is 0. The number of Topliss-reactive ketones (excluding diaryl/α,β-unsaturated/α-hetero) is 1. The van der Waals surface area contributed by atoms with Crippen LogP contribution in [0.15, 0.2) is 11.1 Å². The minimum absolute atomic E-state index is 0.0282. The molecular weight excluding hydrogens is 600 g/mol. The van der Waals surface area contributed by atoms with Crippen molar-refractivity contribution in [2.24, 2.45) is 61.9 Å². The second-order valence-electron chi connectivity index (χ2n) is 20.0. The molecular formula is C41H68N2O5. The van der Waals surface area contributed by atoms with E-state index in [1.54, 1.807) is 0 Å². The maximum atomic E-state index is 13.7. The molecule has 0 saturated heterocycles. The van der Waals surface area contributed by atoms with E-state index >= 15 is 0 Å². The highest BCUT2D eigenvalue weighted by molar-refractivity contribution is 6.00. The number of nitrogens with one attached hydrogen (secondary N) is 1. The highest BCUT2D eigenvalue weighted by Gasteiger charge is 2.70. The third-order valence-corrected chi connectivity index (χ3v) is 15.2. The standard InChI is InChI=1S/C41H68N2O5/c1-24(2)32-26(44)21-41(29(45)23-42)20-19-39(11)25(33(32)41)13-14-28-38(10)17-16-30(37(8,9)27(38)15-18-40(28,39)12)47-31(46)22-36(6,7)34(43)48-35(3,4)5/h24-25,27-30,43,45H,13-23,42H2,1-12H3/t25-,27?,28-,29+,30+,38+,39-,40-,41+/m1/s1. The van der Waals surface area contributed by atoms with Gasteiger partial charge in [0.25, 0.3) is 0 Å². The van der Waals surface area contributed by atoms with Crippen molar-refractivity contribution in [2.45, 2.75) is 165 Å². The predicted molar refractivity (Wildman–Crippen MR) is 191 cm³/mol. The summed E-state index contributed by atoms with van der Waals surface area (Å²) < 4.78 is 12.2. The van der Waals surface area contributed by atoms with Crippen LogP contribution in [0.5, 0.6) is 0 Å². The summed E-state index contributed by atoms with van der Waals surface area (Å²) in [7, 11) is 0. The Morgan fingerprint density at radius 2 is 1.58 bits per heavy atom. The first-order valence-electron chi connectivity index (χ1n) is 19.0. The number of aliphatic hydroxyl groups is 1. The van der Waals surface area contributed by atoms with E-state index in [1.807, 2.05) is 34.6 Å². The van der Waals surface area contributed by atoms with E-state index in [-0.39, 0.29) is 70.2 Å². The van der Waals surface area contributed by atoms with Crippen LogP contribution in [-0.4, -0.2) is 47.1 Å². The number of fused-ring (bicyclic) bond motifs is 7. The molecule has 0 aromatic carbocycles. The lowest BCUT2D eigenvalue weighted by molar-refractivity contribution is -0.235. The molecule has 4 saturated carbocycles. The lowest BCUT2D eigenvalue weighted by Gasteiger charge is -2.72. The first-order valence-corrected chi connectivity index (χ1v) is 19.0. The molecule has 4 fully saturated rings.